The molecule has 5 N–H and O–H groups in total. The second-order valence-electron chi connectivity index (χ2n) is 11.9. The lowest BCUT2D eigenvalue weighted by Gasteiger charge is -2.28. The van der Waals surface area contributed by atoms with Gasteiger partial charge in [-0.1, -0.05) is 69.2 Å². The van der Waals surface area contributed by atoms with Crippen molar-refractivity contribution in [3.8, 4) is 5.75 Å². The second kappa shape index (κ2) is 21.6. The Morgan fingerprint density at radius 2 is 1.47 bits per heavy atom. The molecule has 0 radical (unpaired) electrons. The molecule has 0 saturated carbocycles. The molecule has 0 aromatic heterocycles. The molecule has 18 heteroatoms. The summed E-state index contributed by atoms with van der Waals surface area (Å²) in [6, 6.07) is 14.2. The number of aliphatic hydroxyl groups is 1. The van der Waals surface area contributed by atoms with Crippen LogP contribution in [-0.4, -0.2) is 106 Å². The first-order valence-corrected chi connectivity index (χ1v) is 19.8. The highest BCUT2D eigenvalue weighted by Crippen LogP contribution is 2.18. The first-order valence-electron chi connectivity index (χ1n) is 16.1. The van der Waals surface area contributed by atoms with Crippen LogP contribution in [0.1, 0.15) is 50.7 Å². The van der Waals surface area contributed by atoms with Gasteiger partial charge in [0.2, 0.25) is 11.8 Å². The van der Waals surface area contributed by atoms with Crippen LogP contribution in [0.25, 0.3) is 0 Å². The second-order valence-corrected chi connectivity index (χ2v) is 16.3. The van der Waals surface area contributed by atoms with Crippen molar-refractivity contribution in [2.24, 2.45) is 0 Å². The van der Waals surface area contributed by atoms with Gasteiger partial charge in [-0.15, -0.1) is 0 Å². The number of hydrogen-bond donors (Lipinski definition) is 5. The van der Waals surface area contributed by atoms with Gasteiger partial charge in [-0.3, -0.25) is 9.59 Å². The molecule has 2 aromatic carbocycles. The molecule has 0 fully saturated rings. The zero-order valence-electron chi connectivity index (χ0n) is 29.0. The van der Waals surface area contributed by atoms with Crippen LogP contribution in [0, 0.1) is 0 Å². The van der Waals surface area contributed by atoms with E-state index in [0.717, 1.165) is 17.4 Å². The molecule has 0 saturated heterocycles. The van der Waals surface area contributed by atoms with E-state index in [1.165, 1.54) is 0 Å². The number of hydrogen-bond acceptors (Lipinski definition) is 10. The Hall–Kier alpha value is -3.74. The summed E-state index contributed by atoms with van der Waals surface area (Å²) in [5.74, 6) is -5.46. The molecule has 0 aliphatic rings. The molecular formula is C33H48F3N3O10S2. The summed E-state index contributed by atoms with van der Waals surface area (Å²) in [4.78, 5) is 35.1. The van der Waals surface area contributed by atoms with Crippen LogP contribution in [0.5, 0.6) is 5.75 Å². The lowest BCUT2D eigenvalue weighted by molar-refractivity contribution is -0.192. The fourth-order valence-electron chi connectivity index (χ4n) is 4.90. The van der Waals surface area contributed by atoms with Crippen LogP contribution >= 0.6 is 0 Å². The third-order valence-corrected chi connectivity index (χ3v) is 10.4. The number of carbonyl (C=O) groups excluding carboxylic acids is 2. The van der Waals surface area contributed by atoms with E-state index in [1.54, 1.807) is 7.11 Å². The van der Waals surface area contributed by atoms with Crippen molar-refractivity contribution in [3.63, 3.8) is 0 Å². The van der Waals surface area contributed by atoms with Gasteiger partial charge in [0.1, 0.15) is 17.5 Å². The zero-order chi connectivity index (χ0) is 38.8. The van der Waals surface area contributed by atoms with E-state index in [-0.39, 0.29) is 13.0 Å². The number of nitrogens with one attached hydrogen (secondary N) is 3. The van der Waals surface area contributed by atoms with Crippen molar-refractivity contribution in [1.82, 2.24) is 16.0 Å². The number of ether oxygens (including phenoxy) is 1. The van der Waals surface area contributed by atoms with Crippen molar-refractivity contribution in [2.45, 2.75) is 82.1 Å². The monoisotopic (exact) mass is 767 g/mol. The molecule has 0 bridgehead atoms. The van der Waals surface area contributed by atoms with Crippen LogP contribution < -0.4 is 20.7 Å². The number of carboxylic acids is 1. The van der Waals surface area contributed by atoms with E-state index in [2.05, 4.69) is 16.0 Å². The lowest BCUT2D eigenvalue weighted by atomic mass is 10.0. The Balaban J connectivity index is 0.00000167. The first kappa shape index (κ1) is 45.3. The maximum absolute atomic E-state index is 13.6. The number of amides is 2. The highest BCUT2D eigenvalue weighted by molar-refractivity contribution is 7.92. The molecule has 0 aliphatic heterocycles. The highest BCUT2D eigenvalue weighted by atomic mass is 32.2. The molecule has 2 amide bonds. The van der Waals surface area contributed by atoms with Gasteiger partial charge in [0.05, 0.1) is 30.3 Å². The number of carboxylic acid groups (broad SMARTS) is 1. The van der Waals surface area contributed by atoms with Gasteiger partial charge in [-0.2, -0.15) is 13.2 Å². The third-order valence-electron chi connectivity index (χ3n) is 7.32. The van der Waals surface area contributed by atoms with E-state index in [1.807, 2.05) is 68.4 Å². The van der Waals surface area contributed by atoms with Gasteiger partial charge in [0, 0.05) is 19.3 Å². The number of rotatable bonds is 20. The highest BCUT2D eigenvalue weighted by Gasteiger charge is 2.38. The quantitative estimate of drug-likeness (QED) is 0.132. The van der Waals surface area contributed by atoms with Crippen LogP contribution in [-0.2, 0) is 47.0 Å². The Labute approximate surface area is 297 Å². The van der Waals surface area contributed by atoms with Gasteiger partial charge in [-0.25, -0.2) is 21.6 Å². The van der Waals surface area contributed by atoms with E-state index in [9.17, 15) is 44.7 Å². The molecule has 1 unspecified atom stereocenters. The van der Waals surface area contributed by atoms with Crippen LogP contribution in [0.3, 0.4) is 0 Å². The number of carbonyl (C=O) groups is 3. The number of sulfone groups is 2. The van der Waals surface area contributed by atoms with Gasteiger partial charge >= 0.3 is 12.1 Å². The van der Waals surface area contributed by atoms with Crippen molar-refractivity contribution in [3.05, 3.63) is 65.7 Å². The largest absolute Gasteiger partial charge is 0.497 e. The smallest absolute Gasteiger partial charge is 0.490 e. The Morgan fingerprint density at radius 1 is 0.902 bits per heavy atom. The Morgan fingerprint density at radius 3 is 1.98 bits per heavy atom. The number of aliphatic hydroxyl groups excluding tert-OH is 1. The molecule has 288 valence electrons. The summed E-state index contributed by atoms with van der Waals surface area (Å²) < 4.78 is 87.3. The number of benzene rings is 2. The molecule has 0 spiro atoms. The van der Waals surface area contributed by atoms with Crippen molar-refractivity contribution in [2.75, 3.05) is 31.4 Å². The fraction of sp³-hybridized carbons (Fsp3) is 0.545. The van der Waals surface area contributed by atoms with Gasteiger partial charge < -0.3 is 30.9 Å². The molecule has 2 aromatic rings. The topological polar surface area (TPSA) is 205 Å². The third kappa shape index (κ3) is 18.4. The predicted octanol–water partition coefficient (Wildman–Crippen LogP) is 2.42. The summed E-state index contributed by atoms with van der Waals surface area (Å²) in [5, 5.41) is 25.9. The van der Waals surface area contributed by atoms with Gasteiger partial charge in [0.15, 0.2) is 19.7 Å². The standard InChI is InChI=1S/C31H47N3O8S2.C2HF3O2/c1-5-11-26(12-6-2)44(40,41)21-28(33-30(36)22-43(4,38)39)31(37)34-27(18-23-13-8-7-9-14-23)29(35)20-32-19-24-15-10-16-25(17-24)42-3;3-2(4,5)1(6)7/h7-10,13-17,26-29,32,35H,5-6,11-12,18-22H2,1-4H3,(H,33,36)(H,34,37);(H,6,7)/t27-,28?,29+;/m0./s1. The average Bonchev–Trinajstić information content (AvgIpc) is 3.03. The summed E-state index contributed by atoms with van der Waals surface area (Å²) in [5.41, 5.74) is 1.74. The first-order chi connectivity index (χ1) is 23.7. The number of alkyl halides is 3. The number of aliphatic carboxylic acids is 1. The maximum atomic E-state index is 13.6. The molecule has 0 heterocycles. The van der Waals surface area contributed by atoms with E-state index < -0.39 is 78.6 Å². The molecule has 51 heavy (non-hydrogen) atoms. The molecule has 3 atom stereocenters. The molecule has 0 aliphatic carbocycles. The molecule has 13 nitrogen and oxygen atoms in total. The minimum atomic E-state index is -5.08. The summed E-state index contributed by atoms with van der Waals surface area (Å²) in [6.07, 6.45) is -3.04. The van der Waals surface area contributed by atoms with Crippen LogP contribution in [0.2, 0.25) is 0 Å². The summed E-state index contributed by atoms with van der Waals surface area (Å²) in [6.45, 7) is 4.24. The van der Waals surface area contributed by atoms with E-state index in [0.29, 0.717) is 38.0 Å². The summed E-state index contributed by atoms with van der Waals surface area (Å²) in [7, 11) is -6.02. The van der Waals surface area contributed by atoms with Crippen LogP contribution in [0.15, 0.2) is 54.6 Å². The average molecular weight is 768 g/mol. The van der Waals surface area contributed by atoms with E-state index in [4.69, 9.17) is 14.6 Å². The van der Waals surface area contributed by atoms with Crippen molar-refractivity contribution >= 4 is 37.5 Å². The molecule has 2 rings (SSSR count). The summed E-state index contributed by atoms with van der Waals surface area (Å²) >= 11 is 0. The maximum Gasteiger partial charge on any atom is 0.490 e. The van der Waals surface area contributed by atoms with Crippen molar-refractivity contribution in [1.29, 1.82) is 0 Å². The minimum Gasteiger partial charge on any atom is -0.497 e. The van der Waals surface area contributed by atoms with Crippen molar-refractivity contribution < 1.29 is 59.3 Å². The van der Waals surface area contributed by atoms with Crippen LogP contribution in [0.4, 0.5) is 13.2 Å². The lowest BCUT2D eigenvalue weighted by Crippen LogP contribution is -2.57. The number of methoxy groups -OCH3 is 1. The molecular weight excluding hydrogens is 720 g/mol. The Kier molecular flexibility index (Phi) is 19.2. The Bertz CT molecular complexity index is 1600. The normalized spacial score (nSPS) is 13.7. The minimum absolute atomic E-state index is 0.0907. The zero-order valence-corrected chi connectivity index (χ0v) is 30.6. The fourth-order valence-corrected chi connectivity index (χ4v) is 7.62. The predicted molar refractivity (Wildman–Crippen MR) is 186 cm³/mol. The van der Waals surface area contributed by atoms with Gasteiger partial charge in [0.25, 0.3) is 0 Å². The van der Waals surface area contributed by atoms with E-state index >= 15 is 0 Å². The SMILES string of the molecule is CCCC(CCC)S(=O)(=O)CC(NC(=O)CS(C)(=O)=O)C(=O)N[C@@H](Cc1ccccc1)[C@H](O)CNCc1cccc(OC)c1.O=C(O)C(F)(F)F. The number of halogens is 3. The van der Waals surface area contributed by atoms with Gasteiger partial charge in [-0.05, 0) is 42.5 Å².